The molecule has 0 saturated heterocycles. The number of amidine groups is 1. The normalized spacial score (nSPS) is 19.3. The molecular formula is C15H30N2OS. The molecule has 0 radical (unpaired) electrons. The van der Waals surface area contributed by atoms with E-state index in [2.05, 4.69) is 38.0 Å². The van der Waals surface area contributed by atoms with Gasteiger partial charge in [-0.3, -0.25) is 4.99 Å². The van der Waals surface area contributed by atoms with Gasteiger partial charge in [0.2, 0.25) is 0 Å². The average Bonchev–Trinajstić information content (AvgIpc) is 2.83. The Morgan fingerprint density at radius 2 is 2.05 bits per heavy atom. The summed E-state index contributed by atoms with van der Waals surface area (Å²) in [7, 11) is 0. The van der Waals surface area contributed by atoms with Gasteiger partial charge in [0.1, 0.15) is 0 Å². The first-order valence-electron chi connectivity index (χ1n) is 7.73. The highest BCUT2D eigenvalue weighted by molar-refractivity contribution is 8.14. The number of unbranched alkanes of at least 4 members (excludes halogenated alkanes) is 1. The minimum atomic E-state index is 0.350. The van der Waals surface area contributed by atoms with Crippen LogP contribution in [-0.4, -0.2) is 36.2 Å². The van der Waals surface area contributed by atoms with Gasteiger partial charge < -0.3 is 10.1 Å². The first-order valence-corrected chi connectivity index (χ1v) is 8.61. The monoisotopic (exact) mass is 286 g/mol. The van der Waals surface area contributed by atoms with Crippen molar-refractivity contribution in [2.75, 3.05) is 19.7 Å². The van der Waals surface area contributed by atoms with Crippen LogP contribution in [0.15, 0.2) is 4.99 Å². The Morgan fingerprint density at radius 3 is 2.68 bits per heavy atom. The van der Waals surface area contributed by atoms with Gasteiger partial charge in [0.25, 0.3) is 0 Å². The number of ether oxygens (including phenoxy) is 1. The summed E-state index contributed by atoms with van der Waals surface area (Å²) in [5, 5.41) is 5.31. The lowest BCUT2D eigenvalue weighted by atomic mass is 9.99. The van der Waals surface area contributed by atoms with E-state index < -0.39 is 0 Å². The summed E-state index contributed by atoms with van der Waals surface area (Å²) in [5.74, 6) is 0.812. The molecule has 0 bridgehead atoms. The molecule has 1 rings (SSSR count). The second-order valence-corrected chi connectivity index (χ2v) is 6.66. The molecule has 0 aromatic rings. The van der Waals surface area contributed by atoms with Crippen LogP contribution in [0.5, 0.6) is 0 Å². The standard InChI is InChI=1S/C15H30N2OS/c1-5-13(6-2)14-11-17-15(19-14)16-9-7-8-10-18-12(3)4/h12-14H,5-11H2,1-4H3,(H,16,17). The van der Waals surface area contributed by atoms with Crippen molar-refractivity contribution in [1.82, 2.24) is 5.32 Å². The fraction of sp³-hybridized carbons (Fsp3) is 0.933. The molecule has 1 unspecified atom stereocenters. The molecule has 3 nitrogen and oxygen atoms in total. The van der Waals surface area contributed by atoms with Crippen molar-refractivity contribution in [3.8, 4) is 0 Å². The Labute approximate surface area is 123 Å². The van der Waals surface area contributed by atoms with Crippen LogP contribution in [0.4, 0.5) is 0 Å². The molecule has 0 aromatic heterocycles. The highest BCUT2D eigenvalue weighted by Gasteiger charge is 2.25. The number of hydrogen-bond acceptors (Lipinski definition) is 4. The Morgan fingerprint density at radius 1 is 1.32 bits per heavy atom. The number of aliphatic imine (C=N–C) groups is 1. The van der Waals surface area contributed by atoms with E-state index in [1.165, 1.54) is 12.8 Å². The van der Waals surface area contributed by atoms with E-state index in [-0.39, 0.29) is 0 Å². The molecule has 1 heterocycles. The van der Waals surface area contributed by atoms with Gasteiger partial charge in [0.05, 0.1) is 12.6 Å². The molecule has 4 heteroatoms. The number of hydrogen-bond donors (Lipinski definition) is 1. The van der Waals surface area contributed by atoms with Crippen LogP contribution >= 0.6 is 11.8 Å². The van der Waals surface area contributed by atoms with E-state index >= 15 is 0 Å². The molecule has 1 N–H and O–H groups in total. The summed E-state index contributed by atoms with van der Waals surface area (Å²) in [6, 6.07) is 0. The average molecular weight is 286 g/mol. The summed E-state index contributed by atoms with van der Waals surface area (Å²) in [6.45, 7) is 11.6. The largest absolute Gasteiger partial charge is 0.379 e. The zero-order valence-corrected chi connectivity index (χ0v) is 13.8. The van der Waals surface area contributed by atoms with Gasteiger partial charge in [0, 0.05) is 18.4 Å². The Hall–Kier alpha value is -0.220. The molecule has 0 amide bonds. The maximum atomic E-state index is 5.53. The summed E-state index contributed by atoms with van der Waals surface area (Å²) < 4.78 is 5.53. The molecule has 1 aliphatic heterocycles. The van der Waals surface area contributed by atoms with E-state index in [1.54, 1.807) is 0 Å². The maximum absolute atomic E-state index is 5.53. The van der Waals surface area contributed by atoms with Gasteiger partial charge in [-0.15, -0.1) is 0 Å². The molecule has 1 aliphatic rings. The number of nitrogens with one attached hydrogen (secondary N) is 1. The topological polar surface area (TPSA) is 33.6 Å². The zero-order chi connectivity index (χ0) is 14.1. The number of rotatable bonds is 9. The van der Waals surface area contributed by atoms with Crippen molar-refractivity contribution in [1.29, 1.82) is 0 Å². The van der Waals surface area contributed by atoms with Crippen molar-refractivity contribution in [3.63, 3.8) is 0 Å². The van der Waals surface area contributed by atoms with Gasteiger partial charge in [-0.1, -0.05) is 38.5 Å². The third kappa shape index (κ3) is 6.66. The SMILES string of the molecule is CCC(CC)C1CN=C(NCCCCOC(C)C)S1. The molecule has 0 aliphatic carbocycles. The molecule has 0 fully saturated rings. The van der Waals surface area contributed by atoms with E-state index in [1.807, 2.05) is 11.8 Å². The molecule has 0 saturated carbocycles. The predicted octanol–water partition coefficient (Wildman–Crippen LogP) is 3.69. The van der Waals surface area contributed by atoms with Gasteiger partial charge in [-0.25, -0.2) is 0 Å². The van der Waals surface area contributed by atoms with E-state index in [0.29, 0.717) is 11.4 Å². The lowest BCUT2D eigenvalue weighted by molar-refractivity contribution is 0.0762. The van der Waals surface area contributed by atoms with E-state index in [9.17, 15) is 0 Å². The summed E-state index contributed by atoms with van der Waals surface area (Å²) in [4.78, 5) is 4.62. The van der Waals surface area contributed by atoms with Gasteiger partial charge in [0.15, 0.2) is 5.17 Å². The molecule has 0 spiro atoms. The highest BCUT2D eigenvalue weighted by Crippen LogP contribution is 2.30. The summed E-state index contributed by atoms with van der Waals surface area (Å²) in [6.07, 6.45) is 5.16. The second-order valence-electron chi connectivity index (χ2n) is 5.43. The fourth-order valence-corrected chi connectivity index (χ4v) is 3.64. The van der Waals surface area contributed by atoms with Crippen molar-refractivity contribution >= 4 is 16.9 Å². The quantitative estimate of drug-likeness (QED) is 0.656. The van der Waals surface area contributed by atoms with Crippen molar-refractivity contribution in [3.05, 3.63) is 0 Å². The Balaban J connectivity index is 2.05. The minimum absolute atomic E-state index is 0.350. The summed E-state index contributed by atoms with van der Waals surface area (Å²) in [5.41, 5.74) is 0. The minimum Gasteiger partial charge on any atom is -0.379 e. The van der Waals surface area contributed by atoms with Gasteiger partial charge in [-0.2, -0.15) is 0 Å². The van der Waals surface area contributed by atoms with Crippen LogP contribution in [-0.2, 0) is 4.74 Å². The highest BCUT2D eigenvalue weighted by atomic mass is 32.2. The van der Waals surface area contributed by atoms with Crippen LogP contribution in [0.2, 0.25) is 0 Å². The number of thioether (sulfide) groups is 1. The maximum Gasteiger partial charge on any atom is 0.156 e. The van der Waals surface area contributed by atoms with Crippen LogP contribution in [0, 0.1) is 5.92 Å². The summed E-state index contributed by atoms with van der Waals surface area (Å²) >= 11 is 1.94. The van der Waals surface area contributed by atoms with Crippen molar-refractivity contribution < 1.29 is 4.74 Å². The van der Waals surface area contributed by atoms with Gasteiger partial charge in [-0.05, 0) is 32.6 Å². The predicted molar refractivity (Wildman–Crippen MR) is 86.1 cm³/mol. The van der Waals surface area contributed by atoms with Crippen LogP contribution < -0.4 is 5.32 Å². The Bertz CT molecular complexity index is 265. The van der Waals surface area contributed by atoms with Crippen LogP contribution in [0.1, 0.15) is 53.4 Å². The Kier molecular flexibility index (Phi) is 8.55. The zero-order valence-electron chi connectivity index (χ0n) is 12.9. The molecule has 112 valence electrons. The second kappa shape index (κ2) is 9.65. The fourth-order valence-electron chi connectivity index (χ4n) is 2.29. The smallest absolute Gasteiger partial charge is 0.156 e. The molecule has 19 heavy (non-hydrogen) atoms. The third-order valence-corrected chi connectivity index (χ3v) is 4.88. The molecule has 0 aromatic carbocycles. The lowest BCUT2D eigenvalue weighted by Gasteiger charge is -2.18. The molecular weight excluding hydrogens is 256 g/mol. The van der Waals surface area contributed by atoms with Crippen LogP contribution in [0.3, 0.4) is 0 Å². The van der Waals surface area contributed by atoms with E-state index in [0.717, 1.165) is 43.6 Å². The molecule has 1 atom stereocenters. The number of nitrogens with zero attached hydrogens (tertiary/aromatic N) is 1. The lowest BCUT2D eigenvalue weighted by Crippen LogP contribution is -2.22. The third-order valence-electron chi connectivity index (χ3n) is 3.55. The first-order chi connectivity index (χ1) is 9.17. The van der Waals surface area contributed by atoms with Crippen LogP contribution in [0.25, 0.3) is 0 Å². The first kappa shape index (κ1) is 16.8. The van der Waals surface area contributed by atoms with E-state index in [4.69, 9.17) is 4.74 Å². The van der Waals surface area contributed by atoms with Crippen molar-refractivity contribution in [2.24, 2.45) is 10.9 Å². The van der Waals surface area contributed by atoms with Gasteiger partial charge >= 0.3 is 0 Å². The van der Waals surface area contributed by atoms with Crippen molar-refractivity contribution in [2.45, 2.75) is 64.7 Å².